The summed E-state index contributed by atoms with van der Waals surface area (Å²) in [4.78, 5) is 2.55. The van der Waals surface area contributed by atoms with Gasteiger partial charge in [-0.2, -0.15) is 0 Å². The maximum atomic E-state index is 5.86. The van der Waals surface area contributed by atoms with Crippen LogP contribution in [0.2, 0.25) is 0 Å². The Bertz CT molecular complexity index is 312. The molecule has 16 heavy (non-hydrogen) atoms. The summed E-state index contributed by atoms with van der Waals surface area (Å²) in [6.07, 6.45) is 1.29. The lowest BCUT2D eigenvalue weighted by molar-refractivity contribution is 0.296. The van der Waals surface area contributed by atoms with Crippen LogP contribution in [0.5, 0.6) is 0 Å². The summed E-state index contributed by atoms with van der Waals surface area (Å²) in [5.41, 5.74) is 1.49. The molecule has 1 saturated heterocycles. The first-order valence-electron chi connectivity index (χ1n) is 6.13. The Kier molecular flexibility index (Phi) is 4.25. The van der Waals surface area contributed by atoms with E-state index in [1.807, 2.05) is 0 Å². The molecule has 88 valence electrons. The normalized spacial score (nSPS) is 23.5. The number of halogens is 1. The standard InChI is InChI=1S/C14H20ClN/c1-12(9-15)10-16-8-7-14(11-16)13-5-3-2-4-6-13/h2-6,12,14H,7-11H2,1H3. The van der Waals surface area contributed by atoms with Gasteiger partial charge in [0.2, 0.25) is 0 Å². The summed E-state index contributed by atoms with van der Waals surface area (Å²) >= 11 is 5.86. The molecular weight excluding hydrogens is 218 g/mol. The van der Waals surface area contributed by atoms with Crippen LogP contribution in [0.1, 0.15) is 24.8 Å². The third-order valence-electron chi connectivity index (χ3n) is 3.38. The quantitative estimate of drug-likeness (QED) is 0.726. The first-order valence-corrected chi connectivity index (χ1v) is 6.66. The Morgan fingerprint density at radius 3 is 2.81 bits per heavy atom. The zero-order valence-electron chi connectivity index (χ0n) is 9.90. The molecule has 2 atom stereocenters. The molecule has 0 saturated carbocycles. The highest BCUT2D eigenvalue weighted by molar-refractivity contribution is 6.18. The van der Waals surface area contributed by atoms with Gasteiger partial charge in [0.05, 0.1) is 0 Å². The molecule has 1 aliphatic rings. The van der Waals surface area contributed by atoms with Gasteiger partial charge < -0.3 is 4.90 Å². The predicted molar refractivity (Wildman–Crippen MR) is 70.1 cm³/mol. The minimum Gasteiger partial charge on any atom is -0.302 e. The van der Waals surface area contributed by atoms with Crippen LogP contribution >= 0.6 is 11.6 Å². The van der Waals surface area contributed by atoms with E-state index in [2.05, 4.69) is 42.2 Å². The Morgan fingerprint density at radius 2 is 2.12 bits per heavy atom. The molecule has 0 aromatic heterocycles. The highest BCUT2D eigenvalue weighted by Gasteiger charge is 2.24. The fourth-order valence-electron chi connectivity index (χ4n) is 2.49. The van der Waals surface area contributed by atoms with E-state index in [0.717, 1.165) is 18.3 Å². The van der Waals surface area contributed by atoms with Crippen LogP contribution in [0, 0.1) is 5.92 Å². The van der Waals surface area contributed by atoms with Crippen LogP contribution in [0.25, 0.3) is 0 Å². The molecule has 1 nitrogen and oxygen atoms in total. The average molecular weight is 238 g/mol. The van der Waals surface area contributed by atoms with Gasteiger partial charge in [0.15, 0.2) is 0 Å². The third-order valence-corrected chi connectivity index (χ3v) is 3.90. The number of likely N-dealkylation sites (tertiary alicyclic amines) is 1. The summed E-state index contributed by atoms with van der Waals surface area (Å²) in [5.74, 6) is 2.10. The van der Waals surface area contributed by atoms with Crippen molar-refractivity contribution in [1.82, 2.24) is 4.90 Å². The van der Waals surface area contributed by atoms with E-state index in [1.54, 1.807) is 0 Å². The van der Waals surface area contributed by atoms with Crippen molar-refractivity contribution in [2.24, 2.45) is 5.92 Å². The number of rotatable bonds is 4. The molecule has 0 aliphatic carbocycles. The van der Waals surface area contributed by atoms with Crippen molar-refractivity contribution in [2.75, 3.05) is 25.5 Å². The summed E-state index contributed by atoms with van der Waals surface area (Å²) in [7, 11) is 0. The number of hydrogen-bond donors (Lipinski definition) is 0. The fraction of sp³-hybridized carbons (Fsp3) is 0.571. The third kappa shape index (κ3) is 2.99. The smallest absolute Gasteiger partial charge is 0.0261 e. The van der Waals surface area contributed by atoms with Gasteiger partial charge in [-0.1, -0.05) is 37.3 Å². The van der Waals surface area contributed by atoms with E-state index in [-0.39, 0.29) is 0 Å². The molecule has 1 aromatic rings. The summed E-state index contributed by atoms with van der Waals surface area (Å²) in [6, 6.07) is 10.9. The molecule has 2 unspecified atom stereocenters. The van der Waals surface area contributed by atoms with Gasteiger partial charge in [-0.25, -0.2) is 0 Å². The maximum absolute atomic E-state index is 5.86. The number of alkyl halides is 1. The second-order valence-corrected chi connectivity index (χ2v) is 5.22. The van der Waals surface area contributed by atoms with Crippen molar-refractivity contribution in [3.8, 4) is 0 Å². The molecule has 1 heterocycles. The van der Waals surface area contributed by atoms with E-state index in [4.69, 9.17) is 11.6 Å². The minimum absolute atomic E-state index is 0.608. The minimum atomic E-state index is 0.608. The second-order valence-electron chi connectivity index (χ2n) is 4.92. The van der Waals surface area contributed by atoms with Crippen LogP contribution in [0.15, 0.2) is 30.3 Å². The number of hydrogen-bond acceptors (Lipinski definition) is 1. The number of benzene rings is 1. The van der Waals surface area contributed by atoms with Crippen molar-refractivity contribution < 1.29 is 0 Å². The van der Waals surface area contributed by atoms with Gasteiger partial charge in [0.1, 0.15) is 0 Å². The van der Waals surface area contributed by atoms with Crippen LogP contribution in [-0.2, 0) is 0 Å². The molecule has 1 aromatic carbocycles. The highest BCUT2D eigenvalue weighted by atomic mass is 35.5. The van der Waals surface area contributed by atoms with Crippen LogP contribution in [0.3, 0.4) is 0 Å². The lowest BCUT2D eigenvalue weighted by Crippen LogP contribution is -2.26. The molecule has 0 spiro atoms. The SMILES string of the molecule is CC(CCl)CN1CCC(c2ccccc2)C1. The largest absolute Gasteiger partial charge is 0.302 e. The molecule has 1 fully saturated rings. The van der Waals surface area contributed by atoms with E-state index in [1.165, 1.54) is 25.1 Å². The lowest BCUT2D eigenvalue weighted by atomic mass is 9.99. The molecule has 0 bridgehead atoms. The van der Waals surface area contributed by atoms with Gasteiger partial charge in [-0.05, 0) is 30.4 Å². The fourth-order valence-corrected chi connectivity index (χ4v) is 2.58. The van der Waals surface area contributed by atoms with Gasteiger partial charge >= 0.3 is 0 Å². The van der Waals surface area contributed by atoms with Crippen molar-refractivity contribution >= 4 is 11.6 Å². The average Bonchev–Trinajstić information content (AvgIpc) is 2.78. The predicted octanol–water partition coefficient (Wildman–Crippen LogP) is 3.35. The van der Waals surface area contributed by atoms with Crippen molar-refractivity contribution in [3.63, 3.8) is 0 Å². The van der Waals surface area contributed by atoms with E-state index < -0.39 is 0 Å². The Hall–Kier alpha value is -0.530. The molecule has 0 radical (unpaired) electrons. The maximum Gasteiger partial charge on any atom is 0.0261 e. The van der Waals surface area contributed by atoms with Crippen molar-refractivity contribution in [1.29, 1.82) is 0 Å². The molecule has 0 N–H and O–H groups in total. The Balaban J connectivity index is 1.89. The molecule has 2 rings (SSSR count). The monoisotopic (exact) mass is 237 g/mol. The van der Waals surface area contributed by atoms with Gasteiger partial charge in [0, 0.05) is 19.0 Å². The number of nitrogens with zero attached hydrogens (tertiary/aromatic N) is 1. The first kappa shape index (κ1) is 11.9. The zero-order chi connectivity index (χ0) is 11.4. The molecule has 2 heteroatoms. The Morgan fingerprint density at radius 1 is 1.38 bits per heavy atom. The summed E-state index contributed by atoms with van der Waals surface area (Å²) < 4.78 is 0. The topological polar surface area (TPSA) is 3.24 Å². The zero-order valence-corrected chi connectivity index (χ0v) is 10.7. The summed E-state index contributed by atoms with van der Waals surface area (Å²) in [6.45, 7) is 5.79. The second kappa shape index (κ2) is 5.70. The molecular formula is C14H20ClN. The van der Waals surface area contributed by atoms with Gasteiger partial charge in [0.25, 0.3) is 0 Å². The van der Waals surface area contributed by atoms with Gasteiger partial charge in [-0.3, -0.25) is 0 Å². The van der Waals surface area contributed by atoms with E-state index in [0.29, 0.717) is 5.92 Å². The van der Waals surface area contributed by atoms with Gasteiger partial charge in [-0.15, -0.1) is 11.6 Å². The van der Waals surface area contributed by atoms with Crippen LogP contribution in [0.4, 0.5) is 0 Å². The van der Waals surface area contributed by atoms with Crippen molar-refractivity contribution in [3.05, 3.63) is 35.9 Å². The lowest BCUT2D eigenvalue weighted by Gasteiger charge is -2.19. The molecule has 0 amide bonds. The molecule has 1 aliphatic heterocycles. The summed E-state index contributed by atoms with van der Waals surface area (Å²) in [5, 5.41) is 0. The van der Waals surface area contributed by atoms with E-state index >= 15 is 0 Å². The van der Waals surface area contributed by atoms with Crippen LogP contribution in [-0.4, -0.2) is 30.4 Å². The van der Waals surface area contributed by atoms with Crippen molar-refractivity contribution in [2.45, 2.75) is 19.3 Å². The van der Waals surface area contributed by atoms with E-state index in [9.17, 15) is 0 Å². The van der Waals surface area contributed by atoms with Crippen LogP contribution < -0.4 is 0 Å². The highest BCUT2D eigenvalue weighted by Crippen LogP contribution is 2.27. The first-order chi connectivity index (χ1) is 7.79. The Labute approximate surface area is 103 Å².